The van der Waals surface area contributed by atoms with Gasteiger partial charge in [0.1, 0.15) is 17.1 Å². The lowest BCUT2D eigenvalue weighted by Crippen LogP contribution is -2.60. The van der Waals surface area contributed by atoms with Gasteiger partial charge in [-0.3, -0.25) is 9.80 Å². The Morgan fingerprint density at radius 1 is 1.19 bits per heavy atom. The average molecular weight is 511 g/mol. The summed E-state index contributed by atoms with van der Waals surface area (Å²) in [6.45, 7) is 9.86. The van der Waals surface area contributed by atoms with E-state index in [0.29, 0.717) is 29.2 Å². The maximum atomic E-state index is 9.15. The van der Waals surface area contributed by atoms with Gasteiger partial charge < -0.3 is 31.6 Å². The smallest absolute Gasteiger partial charge is 0.222 e. The number of methoxy groups -OCH3 is 1. The summed E-state index contributed by atoms with van der Waals surface area (Å²) < 4.78 is 5.75. The fourth-order valence-corrected chi connectivity index (χ4v) is 5.47. The molecule has 0 aliphatic carbocycles. The van der Waals surface area contributed by atoms with Crippen molar-refractivity contribution in [1.82, 2.24) is 19.8 Å². The number of aliphatic hydroxyl groups excluding tert-OH is 1. The lowest BCUT2D eigenvalue weighted by Gasteiger charge is -2.54. The van der Waals surface area contributed by atoms with Gasteiger partial charge in [0, 0.05) is 51.0 Å². The Bertz CT molecular complexity index is 1050. The van der Waals surface area contributed by atoms with E-state index in [-0.39, 0.29) is 12.6 Å². The van der Waals surface area contributed by atoms with Gasteiger partial charge >= 0.3 is 0 Å². The summed E-state index contributed by atoms with van der Waals surface area (Å²) in [7, 11) is 1.70. The van der Waals surface area contributed by atoms with Crippen LogP contribution in [0.4, 0.5) is 17.5 Å². The first-order valence-electron chi connectivity index (χ1n) is 13.4. The maximum Gasteiger partial charge on any atom is 0.222 e. The first-order chi connectivity index (χ1) is 18.0. The van der Waals surface area contributed by atoms with Crippen molar-refractivity contribution in [3.63, 3.8) is 0 Å². The van der Waals surface area contributed by atoms with Crippen molar-refractivity contribution < 1.29 is 9.84 Å². The minimum atomic E-state index is 0.147. The molecule has 2 aliphatic heterocycles. The highest BCUT2D eigenvalue weighted by Crippen LogP contribution is 2.40. The lowest BCUT2D eigenvalue weighted by molar-refractivity contribution is -0.0531. The van der Waals surface area contributed by atoms with Gasteiger partial charge in [-0.25, -0.2) is 4.98 Å². The molecule has 0 atom stereocenters. The van der Waals surface area contributed by atoms with Gasteiger partial charge in [0.15, 0.2) is 5.82 Å². The van der Waals surface area contributed by atoms with E-state index in [0.717, 1.165) is 70.0 Å². The number of aliphatic hydroxyl groups is 1. The van der Waals surface area contributed by atoms with E-state index in [1.807, 2.05) is 0 Å². The van der Waals surface area contributed by atoms with Crippen LogP contribution in [-0.2, 0) is 13.1 Å². The number of ether oxygens (including phenoxy) is 1. The summed E-state index contributed by atoms with van der Waals surface area (Å²) in [5, 5.41) is 23.7. The number of piperidine rings is 1. The fourth-order valence-electron chi connectivity index (χ4n) is 5.47. The second-order valence-electron chi connectivity index (χ2n) is 10.3. The molecule has 6 N–H and O–H groups in total. The summed E-state index contributed by atoms with van der Waals surface area (Å²) in [4.78, 5) is 13.5. The molecule has 1 spiro atoms. The van der Waals surface area contributed by atoms with Crippen molar-refractivity contribution in [3.8, 4) is 5.75 Å². The van der Waals surface area contributed by atoms with Crippen molar-refractivity contribution >= 4 is 23.7 Å². The SMILES string of the molecule is CCCCNc1nc(N)nc(C=N)c1NCc1ccc(CN2CCC3(CC2)CN(CCO)C3)cc1OC. The molecule has 202 valence electrons. The van der Waals surface area contributed by atoms with E-state index in [1.165, 1.54) is 24.6 Å². The zero-order valence-electron chi connectivity index (χ0n) is 22.2. The number of nitrogens with zero attached hydrogens (tertiary/aromatic N) is 4. The number of benzene rings is 1. The third kappa shape index (κ3) is 6.68. The highest BCUT2D eigenvalue weighted by molar-refractivity contribution is 5.88. The number of β-amino-alcohol motifs (C(OH)–C–C–N with tert-alkyl or cyclic N) is 1. The Morgan fingerprint density at radius 3 is 2.65 bits per heavy atom. The van der Waals surface area contributed by atoms with E-state index in [9.17, 15) is 0 Å². The van der Waals surface area contributed by atoms with Gasteiger partial charge in [0.2, 0.25) is 5.95 Å². The number of unbranched alkanes of at least 4 members (excludes halogenated alkanes) is 1. The highest BCUT2D eigenvalue weighted by Gasteiger charge is 2.44. The number of nitrogens with one attached hydrogen (secondary N) is 3. The van der Waals surface area contributed by atoms with E-state index >= 15 is 0 Å². The molecule has 10 heteroatoms. The quantitative estimate of drug-likeness (QED) is 0.204. The van der Waals surface area contributed by atoms with E-state index in [2.05, 4.69) is 55.5 Å². The normalized spacial score (nSPS) is 17.4. The number of hydrogen-bond donors (Lipinski definition) is 5. The van der Waals surface area contributed by atoms with Crippen LogP contribution in [0.5, 0.6) is 5.75 Å². The van der Waals surface area contributed by atoms with Gasteiger partial charge in [0.25, 0.3) is 0 Å². The Hall–Kier alpha value is -2.95. The van der Waals surface area contributed by atoms with Gasteiger partial charge in [-0.15, -0.1) is 0 Å². The number of nitrogens with two attached hydrogens (primary N) is 1. The Kier molecular flexibility index (Phi) is 9.18. The topological polar surface area (TPSA) is 136 Å². The van der Waals surface area contributed by atoms with Crippen LogP contribution in [0.15, 0.2) is 18.2 Å². The van der Waals surface area contributed by atoms with Crippen LogP contribution < -0.4 is 21.1 Å². The Balaban J connectivity index is 1.37. The van der Waals surface area contributed by atoms with E-state index in [4.69, 9.17) is 21.0 Å². The van der Waals surface area contributed by atoms with Crippen LogP contribution in [0, 0.1) is 10.8 Å². The van der Waals surface area contributed by atoms with Crippen molar-refractivity contribution in [2.24, 2.45) is 5.41 Å². The molecular weight excluding hydrogens is 468 g/mol. The molecule has 10 nitrogen and oxygen atoms in total. The molecule has 3 heterocycles. The standard InChI is InChI=1S/C27H42N8O2/c1-3-4-9-30-25-24(22(15-28)32-26(29)33-25)31-16-21-6-5-20(14-23(21)37-2)17-34-10-7-27(8-11-34)18-35(19-27)12-13-36/h5-6,14-15,28,31,36H,3-4,7-13,16-19H2,1-2H3,(H3,29,30,32,33). The maximum absolute atomic E-state index is 9.15. The predicted octanol–water partition coefficient (Wildman–Crippen LogP) is 2.78. The summed E-state index contributed by atoms with van der Waals surface area (Å²) in [5.41, 5.74) is 9.72. The Morgan fingerprint density at radius 2 is 1.97 bits per heavy atom. The van der Waals surface area contributed by atoms with Gasteiger partial charge in [0.05, 0.1) is 13.7 Å². The summed E-state index contributed by atoms with van der Waals surface area (Å²) >= 11 is 0. The van der Waals surface area contributed by atoms with Crippen molar-refractivity contribution in [1.29, 1.82) is 5.41 Å². The molecule has 0 bridgehead atoms. The number of nitrogen functional groups attached to an aromatic ring is 1. The molecule has 1 aromatic carbocycles. The third-order valence-electron chi connectivity index (χ3n) is 7.58. The molecule has 2 aliphatic rings. The third-order valence-corrected chi connectivity index (χ3v) is 7.58. The minimum Gasteiger partial charge on any atom is -0.496 e. The van der Waals surface area contributed by atoms with Crippen molar-refractivity contribution in [2.45, 2.75) is 45.7 Å². The van der Waals surface area contributed by atoms with Gasteiger partial charge in [-0.2, -0.15) is 4.98 Å². The first-order valence-corrected chi connectivity index (χ1v) is 13.4. The minimum absolute atomic E-state index is 0.147. The molecule has 4 rings (SSSR count). The monoisotopic (exact) mass is 510 g/mol. The van der Waals surface area contributed by atoms with Crippen molar-refractivity contribution in [2.75, 3.05) is 69.4 Å². The molecular formula is C27H42N8O2. The summed E-state index contributed by atoms with van der Waals surface area (Å²) in [6, 6.07) is 6.41. The van der Waals surface area contributed by atoms with Crippen LogP contribution in [0.2, 0.25) is 0 Å². The van der Waals surface area contributed by atoms with Crippen LogP contribution in [-0.4, -0.2) is 84.1 Å². The highest BCUT2D eigenvalue weighted by atomic mass is 16.5. The fraction of sp³-hybridized carbons (Fsp3) is 0.593. The zero-order valence-corrected chi connectivity index (χ0v) is 22.2. The van der Waals surface area contributed by atoms with Gasteiger partial charge in [-0.05, 0) is 49.4 Å². The first kappa shape index (κ1) is 27.1. The molecule has 0 radical (unpaired) electrons. The molecule has 2 aromatic rings. The largest absolute Gasteiger partial charge is 0.496 e. The summed E-state index contributed by atoms with van der Waals surface area (Å²) in [6.07, 6.45) is 5.73. The molecule has 0 unspecified atom stereocenters. The van der Waals surface area contributed by atoms with Crippen LogP contribution in [0.25, 0.3) is 0 Å². The number of rotatable bonds is 13. The van der Waals surface area contributed by atoms with Crippen molar-refractivity contribution in [3.05, 3.63) is 35.0 Å². The Labute approximate surface area is 220 Å². The number of likely N-dealkylation sites (tertiary alicyclic amines) is 2. The molecule has 1 aromatic heterocycles. The lowest BCUT2D eigenvalue weighted by atomic mass is 9.72. The van der Waals surface area contributed by atoms with E-state index < -0.39 is 0 Å². The van der Waals surface area contributed by atoms with Crippen LogP contribution in [0.3, 0.4) is 0 Å². The molecule has 37 heavy (non-hydrogen) atoms. The van der Waals surface area contributed by atoms with E-state index in [1.54, 1.807) is 7.11 Å². The zero-order chi connectivity index (χ0) is 26.3. The second-order valence-corrected chi connectivity index (χ2v) is 10.3. The number of anilines is 3. The number of hydrogen-bond acceptors (Lipinski definition) is 10. The average Bonchev–Trinajstić information content (AvgIpc) is 2.88. The molecule has 0 amide bonds. The second kappa shape index (κ2) is 12.5. The summed E-state index contributed by atoms with van der Waals surface area (Å²) in [5.74, 6) is 1.60. The van der Waals surface area contributed by atoms with Gasteiger partial charge in [-0.1, -0.05) is 25.5 Å². The molecule has 2 saturated heterocycles. The predicted molar refractivity (Wildman–Crippen MR) is 149 cm³/mol. The van der Waals surface area contributed by atoms with Crippen LogP contribution in [0.1, 0.15) is 49.4 Å². The molecule has 0 saturated carbocycles. The number of aromatic nitrogens is 2. The molecule has 2 fully saturated rings. The van der Waals surface area contributed by atoms with Crippen LogP contribution >= 0.6 is 0 Å².